The standard InChI is InChI=1S/C16H19BrN2O2/c1-10-9-11(17)14(21)19-12(10)13(20)18-16(19)7-5-15(6-8-16)3-2-4-15/h9H,2-8H2,1H3,(H,18,20). The number of aryl methyl sites for hydroxylation is 1. The van der Waals surface area contributed by atoms with Crippen molar-refractivity contribution in [2.24, 2.45) is 5.41 Å². The highest BCUT2D eigenvalue weighted by Gasteiger charge is 2.51. The summed E-state index contributed by atoms with van der Waals surface area (Å²) in [5, 5.41) is 3.13. The summed E-state index contributed by atoms with van der Waals surface area (Å²) in [4.78, 5) is 25.0. The minimum Gasteiger partial charge on any atom is -0.327 e. The number of fused-ring (bicyclic) bond motifs is 2. The van der Waals surface area contributed by atoms with E-state index in [2.05, 4.69) is 21.2 Å². The minimum absolute atomic E-state index is 0.0847. The maximum absolute atomic E-state index is 12.6. The molecule has 0 radical (unpaired) electrons. The zero-order chi connectivity index (χ0) is 14.8. The third-order valence-electron chi connectivity index (χ3n) is 5.89. The monoisotopic (exact) mass is 350 g/mol. The molecule has 4 rings (SSSR count). The predicted octanol–water partition coefficient (Wildman–Crippen LogP) is 3.06. The smallest absolute Gasteiger partial charge is 0.270 e. The Morgan fingerprint density at radius 3 is 2.38 bits per heavy atom. The van der Waals surface area contributed by atoms with Gasteiger partial charge in [0.05, 0.1) is 4.47 Å². The van der Waals surface area contributed by atoms with Gasteiger partial charge in [0.1, 0.15) is 11.4 Å². The van der Waals surface area contributed by atoms with Crippen LogP contribution in [0.25, 0.3) is 0 Å². The number of pyridine rings is 1. The highest BCUT2D eigenvalue weighted by Crippen LogP contribution is 2.55. The second-order valence-electron chi connectivity index (χ2n) is 7.00. The van der Waals surface area contributed by atoms with E-state index in [9.17, 15) is 9.59 Å². The molecule has 21 heavy (non-hydrogen) atoms. The molecular weight excluding hydrogens is 332 g/mol. The van der Waals surface area contributed by atoms with E-state index in [1.807, 2.05) is 6.92 Å². The van der Waals surface area contributed by atoms with Crippen molar-refractivity contribution < 1.29 is 4.79 Å². The van der Waals surface area contributed by atoms with Crippen LogP contribution in [0.4, 0.5) is 0 Å². The van der Waals surface area contributed by atoms with Gasteiger partial charge in [-0.25, -0.2) is 0 Å². The number of aromatic nitrogens is 1. The first kappa shape index (κ1) is 13.6. The van der Waals surface area contributed by atoms with E-state index in [1.54, 1.807) is 10.6 Å². The highest BCUT2D eigenvalue weighted by atomic mass is 79.9. The lowest BCUT2D eigenvalue weighted by Crippen LogP contribution is -2.52. The normalized spacial score (nSPS) is 24.8. The lowest BCUT2D eigenvalue weighted by atomic mass is 9.59. The average molecular weight is 351 g/mol. The fourth-order valence-electron chi connectivity index (χ4n) is 4.44. The van der Waals surface area contributed by atoms with Crippen LogP contribution in [0.15, 0.2) is 15.3 Å². The summed E-state index contributed by atoms with van der Waals surface area (Å²) in [7, 11) is 0. The van der Waals surface area contributed by atoms with Gasteiger partial charge in [-0.05, 0) is 78.4 Å². The third-order valence-corrected chi connectivity index (χ3v) is 6.46. The highest BCUT2D eigenvalue weighted by molar-refractivity contribution is 9.10. The fraction of sp³-hybridized carbons (Fsp3) is 0.625. The lowest BCUT2D eigenvalue weighted by molar-refractivity contribution is 0.0115. The molecule has 1 aliphatic heterocycles. The molecule has 4 nitrogen and oxygen atoms in total. The largest absolute Gasteiger partial charge is 0.327 e. The Kier molecular flexibility index (Phi) is 2.72. The molecule has 0 saturated heterocycles. The van der Waals surface area contributed by atoms with Crippen LogP contribution in [0, 0.1) is 12.3 Å². The first-order valence-electron chi connectivity index (χ1n) is 7.72. The molecule has 2 spiro atoms. The van der Waals surface area contributed by atoms with Crippen LogP contribution in [0.1, 0.15) is 61.0 Å². The van der Waals surface area contributed by atoms with E-state index < -0.39 is 5.66 Å². The number of hydrogen-bond donors (Lipinski definition) is 1. The molecule has 3 aliphatic rings. The van der Waals surface area contributed by atoms with Gasteiger partial charge in [-0.1, -0.05) is 6.42 Å². The molecule has 5 heteroatoms. The van der Waals surface area contributed by atoms with Gasteiger partial charge in [-0.3, -0.25) is 14.2 Å². The second kappa shape index (κ2) is 4.22. The number of carbonyl (C=O) groups is 1. The molecule has 2 fully saturated rings. The minimum atomic E-state index is -0.487. The van der Waals surface area contributed by atoms with E-state index in [0.717, 1.165) is 31.2 Å². The van der Waals surface area contributed by atoms with Crippen LogP contribution in [0.3, 0.4) is 0 Å². The van der Waals surface area contributed by atoms with Gasteiger partial charge in [0, 0.05) is 0 Å². The number of halogens is 1. The van der Waals surface area contributed by atoms with E-state index in [4.69, 9.17) is 0 Å². The fourth-order valence-corrected chi connectivity index (χ4v) is 4.96. The summed E-state index contributed by atoms with van der Waals surface area (Å²) in [5.41, 5.74) is 1.34. The van der Waals surface area contributed by atoms with Gasteiger partial charge >= 0.3 is 0 Å². The van der Waals surface area contributed by atoms with Crippen LogP contribution in [-0.2, 0) is 5.66 Å². The quantitative estimate of drug-likeness (QED) is 0.781. The zero-order valence-corrected chi connectivity index (χ0v) is 13.8. The SMILES string of the molecule is Cc1cc(Br)c(=O)n2c1C(=O)NC21CCC2(CCC2)CC1. The van der Waals surface area contributed by atoms with Crippen LogP contribution in [-0.4, -0.2) is 10.5 Å². The molecule has 2 heterocycles. The summed E-state index contributed by atoms with van der Waals surface area (Å²) >= 11 is 3.34. The topological polar surface area (TPSA) is 51.1 Å². The Balaban J connectivity index is 1.81. The van der Waals surface area contributed by atoms with Crippen molar-refractivity contribution in [1.29, 1.82) is 0 Å². The van der Waals surface area contributed by atoms with Crippen molar-refractivity contribution in [3.63, 3.8) is 0 Å². The molecule has 1 aromatic rings. The maximum Gasteiger partial charge on any atom is 0.270 e. The van der Waals surface area contributed by atoms with Crippen LogP contribution >= 0.6 is 15.9 Å². The molecule has 1 N–H and O–H groups in total. The molecule has 2 aliphatic carbocycles. The van der Waals surface area contributed by atoms with E-state index >= 15 is 0 Å². The van der Waals surface area contributed by atoms with Crippen molar-refractivity contribution in [2.75, 3.05) is 0 Å². The number of amides is 1. The molecule has 0 bridgehead atoms. The molecule has 0 atom stereocenters. The molecule has 1 amide bonds. The van der Waals surface area contributed by atoms with Crippen LogP contribution in [0.5, 0.6) is 0 Å². The molecule has 0 unspecified atom stereocenters. The third kappa shape index (κ3) is 1.73. The summed E-state index contributed by atoms with van der Waals surface area (Å²) in [6.07, 6.45) is 7.95. The Hall–Kier alpha value is -1.10. The Morgan fingerprint density at radius 2 is 1.81 bits per heavy atom. The van der Waals surface area contributed by atoms with E-state index in [-0.39, 0.29) is 11.5 Å². The number of carbonyl (C=O) groups excluding carboxylic acids is 1. The van der Waals surface area contributed by atoms with Crippen molar-refractivity contribution in [3.8, 4) is 0 Å². The van der Waals surface area contributed by atoms with Gasteiger partial charge < -0.3 is 5.32 Å². The van der Waals surface area contributed by atoms with Crippen molar-refractivity contribution in [1.82, 2.24) is 9.88 Å². The first-order valence-corrected chi connectivity index (χ1v) is 8.51. The molecular formula is C16H19BrN2O2. The summed E-state index contributed by atoms with van der Waals surface area (Å²) in [5.74, 6) is -0.0957. The number of hydrogen-bond acceptors (Lipinski definition) is 2. The average Bonchev–Trinajstić information content (AvgIpc) is 2.69. The zero-order valence-electron chi connectivity index (χ0n) is 12.2. The van der Waals surface area contributed by atoms with E-state index in [0.29, 0.717) is 15.6 Å². The maximum atomic E-state index is 12.6. The molecule has 0 aromatic carbocycles. The van der Waals surface area contributed by atoms with Crippen LogP contribution < -0.4 is 10.9 Å². The van der Waals surface area contributed by atoms with E-state index in [1.165, 1.54) is 19.3 Å². The molecule has 112 valence electrons. The number of nitrogens with zero attached hydrogens (tertiary/aromatic N) is 1. The molecule has 2 saturated carbocycles. The number of rotatable bonds is 0. The van der Waals surface area contributed by atoms with Gasteiger partial charge in [-0.15, -0.1) is 0 Å². The summed E-state index contributed by atoms with van der Waals surface area (Å²) in [6, 6.07) is 1.75. The second-order valence-corrected chi connectivity index (χ2v) is 7.86. The van der Waals surface area contributed by atoms with Gasteiger partial charge in [-0.2, -0.15) is 0 Å². The Labute approximate surface area is 132 Å². The first-order chi connectivity index (χ1) is 9.96. The summed E-state index contributed by atoms with van der Waals surface area (Å²) < 4.78 is 2.28. The van der Waals surface area contributed by atoms with Gasteiger partial charge in [0.2, 0.25) is 0 Å². The van der Waals surface area contributed by atoms with Gasteiger partial charge in [0.25, 0.3) is 11.5 Å². The van der Waals surface area contributed by atoms with Crippen molar-refractivity contribution >= 4 is 21.8 Å². The summed E-state index contributed by atoms with van der Waals surface area (Å²) in [6.45, 7) is 1.89. The predicted molar refractivity (Wildman–Crippen MR) is 83.3 cm³/mol. The van der Waals surface area contributed by atoms with Crippen molar-refractivity contribution in [3.05, 3.63) is 32.2 Å². The lowest BCUT2D eigenvalue weighted by Gasteiger charge is -2.50. The number of nitrogens with one attached hydrogen (secondary N) is 1. The Bertz CT molecular complexity index is 693. The van der Waals surface area contributed by atoms with Crippen LogP contribution in [0.2, 0.25) is 0 Å². The molecule has 1 aromatic heterocycles. The van der Waals surface area contributed by atoms with Crippen molar-refractivity contribution in [2.45, 2.75) is 57.5 Å². The van der Waals surface area contributed by atoms with Gasteiger partial charge in [0.15, 0.2) is 0 Å². The Morgan fingerprint density at radius 1 is 1.14 bits per heavy atom.